The fourth-order valence-corrected chi connectivity index (χ4v) is 5.49. The smallest absolute Gasteiger partial charge is 0.272 e. The average Bonchev–Trinajstić information content (AvgIpc) is 3.15. The molecule has 33 heavy (non-hydrogen) atoms. The lowest BCUT2D eigenvalue weighted by Crippen LogP contribution is -2.60. The minimum Gasteiger partial charge on any atom is -0.378 e. The summed E-state index contributed by atoms with van der Waals surface area (Å²) < 4.78 is 7.66. The number of para-hydroxylation sites is 1. The van der Waals surface area contributed by atoms with E-state index in [9.17, 15) is 4.79 Å². The van der Waals surface area contributed by atoms with E-state index >= 15 is 0 Å². The minimum atomic E-state index is -0.132. The predicted octanol–water partition coefficient (Wildman–Crippen LogP) is 4.69. The molecule has 172 valence electrons. The Morgan fingerprint density at radius 1 is 1.18 bits per heavy atom. The second-order valence-corrected chi connectivity index (χ2v) is 9.58. The van der Waals surface area contributed by atoms with Crippen LogP contribution in [-0.4, -0.2) is 51.9 Å². The molecule has 2 fully saturated rings. The maximum Gasteiger partial charge on any atom is 0.272 e. The molecule has 0 radical (unpaired) electrons. The molecule has 2 saturated heterocycles. The van der Waals surface area contributed by atoms with Crippen molar-refractivity contribution in [1.29, 1.82) is 0 Å². The average molecular weight is 485 g/mol. The van der Waals surface area contributed by atoms with Crippen molar-refractivity contribution < 1.29 is 9.53 Å². The molecule has 0 saturated carbocycles. The molecular weight excluding hydrogens is 459 g/mol. The number of aromatic nitrogens is 2. The summed E-state index contributed by atoms with van der Waals surface area (Å²) in [7, 11) is 0. The van der Waals surface area contributed by atoms with E-state index in [0.717, 1.165) is 35.9 Å². The van der Waals surface area contributed by atoms with Gasteiger partial charge >= 0.3 is 0 Å². The third kappa shape index (κ3) is 4.53. The van der Waals surface area contributed by atoms with Crippen LogP contribution in [0, 0.1) is 0 Å². The number of ether oxygens (including phenoxy) is 1. The van der Waals surface area contributed by atoms with Crippen LogP contribution in [0.5, 0.6) is 0 Å². The Hall–Kier alpha value is -2.38. The number of piperidine rings is 1. The van der Waals surface area contributed by atoms with Crippen LogP contribution < -0.4 is 5.32 Å². The van der Waals surface area contributed by atoms with Crippen LogP contribution in [0.4, 0.5) is 0 Å². The molecule has 2 aliphatic heterocycles. The number of nitrogens with one attached hydrogen (secondary N) is 1. The molecule has 3 heterocycles. The van der Waals surface area contributed by atoms with Crippen molar-refractivity contribution in [3.63, 3.8) is 0 Å². The number of halogens is 2. The number of morpholine rings is 1. The van der Waals surface area contributed by atoms with Crippen molar-refractivity contribution >= 4 is 40.0 Å². The first-order chi connectivity index (χ1) is 16.0. The Kier molecular flexibility index (Phi) is 6.43. The van der Waals surface area contributed by atoms with Gasteiger partial charge in [0.15, 0.2) is 5.69 Å². The summed E-state index contributed by atoms with van der Waals surface area (Å²) in [6.45, 7) is 6.38. The number of fused-ring (bicyclic) bond motifs is 3. The zero-order chi connectivity index (χ0) is 22.9. The molecule has 6 nitrogen and oxygen atoms in total. The standard InChI is InChI=1S/C25H26Cl2N4O2/c1-2-9-31-23-6-4-3-5-21(23)24(29-31)25(32)28-18-11-19-14-33-15-20(12-18)30(19)13-16-7-8-17(26)10-22(16)27/h2-8,10,18-20H,1,9,11-15H2,(H,28,32)/t18-,19-,20+. The van der Waals surface area contributed by atoms with Gasteiger partial charge in [-0.2, -0.15) is 5.10 Å². The predicted molar refractivity (Wildman–Crippen MR) is 131 cm³/mol. The molecule has 0 spiro atoms. The van der Waals surface area contributed by atoms with Gasteiger partial charge in [0.1, 0.15) is 0 Å². The van der Waals surface area contributed by atoms with E-state index in [2.05, 4.69) is 21.9 Å². The molecule has 2 bridgehead atoms. The van der Waals surface area contributed by atoms with Crippen LogP contribution in [-0.2, 0) is 17.8 Å². The Morgan fingerprint density at radius 3 is 2.67 bits per heavy atom. The lowest BCUT2D eigenvalue weighted by Gasteiger charge is -2.48. The molecule has 0 aliphatic carbocycles. The molecule has 1 aromatic heterocycles. The molecule has 2 aliphatic rings. The van der Waals surface area contributed by atoms with Gasteiger partial charge in [-0.05, 0) is 36.6 Å². The number of benzene rings is 2. The molecule has 2 aromatic carbocycles. The van der Waals surface area contributed by atoms with Gasteiger partial charge in [0.2, 0.25) is 0 Å². The van der Waals surface area contributed by atoms with Gasteiger partial charge in [-0.1, -0.05) is 53.5 Å². The summed E-state index contributed by atoms with van der Waals surface area (Å²) in [4.78, 5) is 15.7. The molecule has 8 heteroatoms. The van der Waals surface area contributed by atoms with Crippen molar-refractivity contribution in [3.05, 3.63) is 76.4 Å². The summed E-state index contributed by atoms with van der Waals surface area (Å²) in [6.07, 6.45) is 3.42. The van der Waals surface area contributed by atoms with Gasteiger partial charge in [-0.3, -0.25) is 14.4 Å². The molecule has 5 rings (SSSR count). The van der Waals surface area contributed by atoms with Crippen LogP contribution in [0.15, 0.2) is 55.1 Å². The van der Waals surface area contributed by atoms with Gasteiger partial charge in [0.25, 0.3) is 5.91 Å². The van der Waals surface area contributed by atoms with Crippen molar-refractivity contribution in [1.82, 2.24) is 20.0 Å². The van der Waals surface area contributed by atoms with E-state index < -0.39 is 0 Å². The second kappa shape index (κ2) is 9.47. The normalized spacial score (nSPS) is 22.9. The highest BCUT2D eigenvalue weighted by Gasteiger charge is 2.40. The number of nitrogens with zero attached hydrogens (tertiary/aromatic N) is 3. The maximum absolute atomic E-state index is 13.2. The zero-order valence-electron chi connectivity index (χ0n) is 18.2. The number of rotatable bonds is 6. The highest BCUT2D eigenvalue weighted by Crippen LogP contribution is 2.32. The first kappa shape index (κ1) is 22.4. The van der Waals surface area contributed by atoms with Crippen molar-refractivity contribution in [2.24, 2.45) is 0 Å². The number of hydrogen-bond acceptors (Lipinski definition) is 4. The number of amides is 1. The molecule has 1 amide bonds. The van der Waals surface area contributed by atoms with E-state index in [0.29, 0.717) is 35.5 Å². The van der Waals surface area contributed by atoms with Crippen LogP contribution in [0.2, 0.25) is 10.0 Å². The van der Waals surface area contributed by atoms with Gasteiger partial charge < -0.3 is 10.1 Å². The Morgan fingerprint density at radius 2 is 1.94 bits per heavy atom. The Bertz CT molecular complexity index is 1180. The van der Waals surface area contributed by atoms with E-state index in [1.54, 1.807) is 12.1 Å². The number of carbonyl (C=O) groups excluding carboxylic acids is 1. The number of carbonyl (C=O) groups is 1. The van der Waals surface area contributed by atoms with Crippen molar-refractivity contribution in [3.8, 4) is 0 Å². The fourth-order valence-electron chi connectivity index (χ4n) is 5.02. The molecule has 3 atom stereocenters. The van der Waals surface area contributed by atoms with Crippen LogP contribution in [0.3, 0.4) is 0 Å². The molecule has 0 unspecified atom stereocenters. The summed E-state index contributed by atoms with van der Waals surface area (Å²) in [5.41, 5.74) is 2.45. The Labute approximate surface area is 203 Å². The monoisotopic (exact) mass is 484 g/mol. The second-order valence-electron chi connectivity index (χ2n) is 8.73. The lowest BCUT2D eigenvalue weighted by atomic mass is 9.89. The summed E-state index contributed by atoms with van der Waals surface area (Å²) in [6, 6.07) is 13.9. The van der Waals surface area contributed by atoms with Gasteiger partial charge in [0.05, 0.1) is 25.3 Å². The quantitative estimate of drug-likeness (QED) is 0.515. The lowest BCUT2D eigenvalue weighted by molar-refractivity contribution is -0.0843. The molecule has 1 N–H and O–H groups in total. The van der Waals surface area contributed by atoms with Gasteiger partial charge in [-0.15, -0.1) is 6.58 Å². The van der Waals surface area contributed by atoms with Crippen LogP contribution in [0.1, 0.15) is 28.9 Å². The van der Waals surface area contributed by atoms with Crippen molar-refractivity contribution in [2.75, 3.05) is 13.2 Å². The molecule has 3 aromatic rings. The topological polar surface area (TPSA) is 59.4 Å². The van der Waals surface area contributed by atoms with Crippen LogP contribution in [0.25, 0.3) is 10.9 Å². The third-order valence-corrected chi connectivity index (χ3v) is 7.14. The van der Waals surface area contributed by atoms with Gasteiger partial charge in [-0.25, -0.2) is 0 Å². The fraction of sp³-hybridized carbons (Fsp3) is 0.360. The maximum atomic E-state index is 13.2. The first-order valence-electron chi connectivity index (χ1n) is 11.2. The van der Waals surface area contributed by atoms with E-state index in [1.807, 2.05) is 41.1 Å². The number of allylic oxidation sites excluding steroid dienone is 1. The largest absolute Gasteiger partial charge is 0.378 e. The van der Waals surface area contributed by atoms with Gasteiger partial charge in [0, 0.05) is 40.1 Å². The third-order valence-electron chi connectivity index (χ3n) is 6.55. The molecular formula is C25H26Cl2N4O2. The summed E-state index contributed by atoms with van der Waals surface area (Å²) in [5.74, 6) is -0.132. The first-order valence-corrected chi connectivity index (χ1v) is 11.9. The van der Waals surface area contributed by atoms with Crippen molar-refractivity contribution in [2.45, 2.75) is 44.1 Å². The van der Waals surface area contributed by atoms with Crippen LogP contribution >= 0.6 is 23.2 Å². The highest BCUT2D eigenvalue weighted by atomic mass is 35.5. The number of hydrogen-bond donors (Lipinski definition) is 1. The Balaban J connectivity index is 1.31. The SMILES string of the molecule is C=CCn1nc(C(=O)N[C@H]2C[C@H]3COC[C@@H](C2)N3Cc2ccc(Cl)cc2Cl)c2ccccc21. The summed E-state index contributed by atoms with van der Waals surface area (Å²) >= 11 is 12.5. The van der Waals surface area contributed by atoms with E-state index in [1.165, 1.54) is 0 Å². The zero-order valence-corrected chi connectivity index (χ0v) is 19.7. The summed E-state index contributed by atoms with van der Waals surface area (Å²) in [5, 5.41) is 10.00. The minimum absolute atomic E-state index is 0.0663. The van der Waals surface area contributed by atoms with E-state index in [-0.39, 0.29) is 24.0 Å². The van der Waals surface area contributed by atoms with E-state index in [4.69, 9.17) is 27.9 Å². The highest BCUT2D eigenvalue weighted by molar-refractivity contribution is 6.35.